The molecule has 1 atom stereocenters. The molecule has 1 aliphatic carbocycles. The minimum atomic E-state index is -0.957. The third-order valence-electron chi connectivity index (χ3n) is 3.59. The Morgan fingerprint density at radius 3 is 2.57 bits per heavy atom. The van der Waals surface area contributed by atoms with Crippen LogP contribution >= 0.6 is 0 Å². The fourth-order valence-corrected chi connectivity index (χ4v) is 2.84. The van der Waals surface area contributed by atoms with E-state index in [9.17, 15) is 9.59 Å². The lowest BCUT2D eigenvalue weighted by Crippen LogP contribution is -2.38. The Hall–Kier alpha value is -1.06. The molecule has 78 valence electrons. The van der Waals surface area contributed by atoms with Crippen LogP contribution in [0.1, 0.15) is 32.1 Å². The van der Waals surface area contributed by atoms with E-state index < -0.39 is 11.9 Å². The van der Waals surface area contributed by atoms with Gasteiger partial charge in [-0.05, 0) is 12.8 Å². The van der Waals surface area contributed by atoms with E-state index in [1.807, 2.05) is 0 Å². The summed E-state index contributed by atoms with van der Waals surface area (Å²) < 4.78 is 0. The van der Waals surface area contributed by atoms with Gasteiger partial charge < -0.3 is 10.4 Å². The monoisotopic (exact) mass is 197 g/mol. The standard InChI is InChI=1S/C10H15NO3/c12-8-7(9(13)14)10(6-11-8)4-2-1-3-5-10/h7H,1-6H2,(H,11,12)(H,13,14). The smallest absolute Gasteiger partial charge is 0.316 e. The van der Waals surface area contributed by atoms with Crippen LogP contribution in [0.3, 0.4) is 0 Å². The van der Waals surface area contributed by atoms with Crippen LogP contribution in [0.15, 0.2) is 0 Å². The molecule has 1 unspecified atom stereocenters. The van der Waals surface area contributed by atoms with Gasteiger partial charge in [0.15, 0.2) is 0 Å². The van der Waals surface area contributed by atoms with Crippen LogP contribution in [0.2, 0.25) is 0 Å². The summed E-state index contributed by atoms with van der Waals surface area (Å²) in [5, 5.41) is 11.7. The highest BCUT2D eigenvalue weighted by Gasteiger charge is 2.52. The molecule has 0 radical (unpaired) electrons. The summed E-state index contributed by atoms with van der Waals surface area (Å²) in [6, 6.07) is 0. The number of carbonyl (C=O) groups excluding carboxylic acids is 1. The van der Waals surface area contributed by atoms with Crippen molar-refractivity contribution in [3.63, 3.8) is 0 Å². The molecule has 4 heteroatoms. The number of amides is 1. The summed E-state index contributed by atoms with van der Waals surface area (Å²) in [5.74, 6) is -2.05. The lowest BCUT2D eigenvalue weighted by molar-refractivity contribution is -0.150. The zero-order chi connectivity index (χ0) is 10.2. The molecule has 14 heavy (non-hydrogen) atoms. The Morgan fingerprint density at radius 1 is 1.36 bits per heavy atom. The lowest BCUT2D eigenvalue weighted by atomic mass is 9.67. The molecule has 2 aliphatic rings. The molecule has 2 rings (SSSR count). The van der Waals surface area contributed by atoms with Gasteiger partial charge in [0.2, 0.25) is 5.91 Å². The number of carboxylic acid groups (broad SMARTS) is 1. The first kappa shape index (κ1) is 9.49. The highest BCUT2D eigenvalue weighted by Crippen LogP contribution is 2.45. The summed E-state index contributed by atoms with van der Waals surface area (Å²) in [5.41, 5.74) is -0.277. The molecular weight excluding hydrogens is 182 g/mol. The van der Waals surface area contributed by atoms with Crippen LogP contribution in [0.25, 0.3) is 0 Å². The normalized spacial score (nSPS) is 30.3. The Balaban J connectivity index is 2.24. The number of hydrogen-bond acceptors (Lipinski definition) is 2. The minimum Gasteiger partial charge on any atom is -0.481 e. The van der Waals surface area contributed by atoms with Gasteiger partial charge in [0, 0.05) is 12.0 Å². The summed E-state index contributed by atoms with van der Waals surface area (Å²) in [7, 11) is 0. The molecule has 1 amide bonds. The number of aliphatic carboxylic acids is 1. The fourth-order valence-electron chi connectivity index (χ4n) is 2.84. The van der Waals surface area contributed by atoms with Gasteiger partial charge in [-0.25, -0.2) is 0 Å². The lowest BCUT2D eigenvalue weighted by Gasteiger charge is -2.34. The topological polar surface area (TPSA) is 66.4 Å². The van der Waals surface area contributed by atoms with Crippen molar-refractivity contribution in [2.45, 2.75) is 32.1 Å². The predicted octanol–water partition coefficient (Wildman–Crippen LogP) is 0.767. The van der Waals surface area contributed by atoms with Crippen molar-refractivity contribution in [3.05, 3.63) is 0 Å². The van der Waals surface area contributed by atoms with E-state index in [-0.39, 0.29) is 11.3 Å². The van der Waals surface area contributed by atoms with Gasteiger partial charge in [0.1, 0.15) is 5.92 Å². The Bertz CT molecular complexity index is 269. The Labute approximate surface area is 82.7 Å². The van der Waals surface area contributed by atoms with Gasteiger partial charge in [-0.2, -0.15) is 0 Å². The summed E-state index contributed by atoms with van der Waals surface area (Å²) >= 11 is 0. The van der Waals surface area contributed by atoms with Crippen LogP contribution in [-0.2, 0) is 9.59 Å². The van der Waals surface area contributed by atoms with Gasteiger partial charge in [-0.1, -0.05) is 19.3 Å². The zero-order valence-electron chi connectivity index (χ0n) is 8.08. The maximum atomic E-state index is 11.4. The molecule has 4 nitrogen and oxygen atoms in total. The molecule has 1 saturated heterocycles. The van der Waals surface area contributed by atoms with Crippen molar-refractivity contribution in [1.29, 1.82) is 0 Å². The van der Waals surface area contributed by atoms with Crippen molar-refractivity contribution in [1.82, 2.24) is 5.32 Å². The largest absolute Gasteiger partial charge is 0.481 e. The van der Waals surface area contributed by atoms with Crippen molar-refractivity contribution >= 4 is 11.9 Å². The Kier molecular flexibility index (Phi) is 2.21. The quantitative estimate of drug-likeness (QED) is 0.610. The molecule has 1 spiro atoms. The van der Waals surface area contributed by atoms with E-state index in [0.717, 1.165) is 25.7 Å². The van der Waals surface area contributed by atoms with Crippen LogP contribution in [0.4, 0.5) is 0 Å². The van der Waals surface area contributed by atoms with Gasteiger partial charge in [0.25, 0.3) is 0 Å². The number of rotatable bonds is 1. The van der Waals surface area contributed by atoms with Gasteiger partial charge in [-0.3, -0.25) is 9.59 Å². The first-order valence-electron chi connectivity index (χ1n) is 5.16. The van der Waals surface area contributed by atoms with Crippen molar-refractivity contribution in [2.75, 3.05) is 6.54 Å². The zero-order valence-corrected chi connectivity index (χ0v) is 8.08. The second-order valence-electron chi connectivity index (χ2n) is 4.41. The summed E-state index contributed by atoms with van der Waals surface area (Å²) in [6.45, 7) is 0.558. The van der Waals surface area contributed by atoms with Crippen LogP contribution < -0.4 is 5.32 Å². The molecule has 1 heterocycles. The SMILES string of the molecule is O=C(O)C1C(=O)NCC12CCCCC2. The summed E-state index contributed by atoms with van der Waals surface area (Å²) in [4.78, 5) is 22.4. The number of carbonyl (C=O) groups is 2. The number of hydrogen-bond donors (Lipinski definition) is 2. The van der Waals surface area contributed by atoms with E-state index in [2.05, 4.69) is 5.32 Å². The first-order chi connectivity index (χ1) is 6.66. The van der Waals surface area contributed by atoms with Crippen molar-refractivity contribution in [3.8, 4) is 0 Å². The molecule has 1 aliphatic heterocycles. The van der Waals surface area contributed by atoms with Gasteiger partial charge in [0.05, 0.1) is 0 Å². The fraction of sp³-hybridized carbons (Fsp3) is 0.800. The van der Waals surface area contributed by atoms with E-state index >= 15 is 0 Å². The summed E-state index contributed by atoms with van der Waals surface area (Å²) in [6.07, 6.45) is 5.03. The maximum absolute atomic E-state index is 11.4. The third-order valence-corrected chi connectivity index (χ3v) is 3.59. The average Bonchev–Trinajstić information content (AvgIpc) is 2.45. The second kappa shape index (κ2) is 3.26. The molecule has 0 aromatic carbocycles. The van der Waals surface area contributed by atoms with E-state index in [1.54, 1.807) is 0 Å². The van der Waals surface area contributed by atoms with Gasteiger partial charge in [-0.15, -0.1) is 0 Å². The Morgan fingerprint density at radius 2 is 2.00 bits per heavy atom. The van der Waals surface area contributed by atoms with Crippen molar-refractivity contribution < 1.29 is 14.7 Å². The molecule has 0 bridgehead atoms. The van der Waals surface area contributed by atoms with E-state index in [0.29, 0.717) is 6.54 Å². The molecule has 0 aromatic heterocycles. The first-order valence-corrected chi connectivity index (χ1v) is 5.16. The average molecular weight is 197 g/mol. The molecule has 2 fully saturated rings. The van der Waals surface area contributed by atoms with Crippen LogP contribution in [-0.4, -0.2) is 23.5 Å². The third kappa shape index (κ3) is 1.29. The second-order valence-corrected chi connectivity index (χ2v) is 4.41. The van der Waals surface area contributed by atoms with Crippen LogP contribution in [0, 0.1) is 11.3 Å². The minimum absolute atomic E-state index is 0.277. The molecule has 2 N–H and O–H groups in total. The van der Waals surface area contributed by atoms with E-state index in [4.69, 9.17) is 5.11 Å². The highest BCUT2D eigenvalue weighted by atomic mass is 16.4. The molecule has 1 saturated carbocycles. The van der Waals surface area contributed by atoms with Crippen LogP contribution in [0.5, 0.6) is 0 Å². The van der Waals surface area contributed by atoms with Gasteiger partial charge >= 0.3 is 5.97 Å². The predicted molar refractivity (Wildman–Crippen MR) is 49.7 cm³/mol. The number of nitrogens with one attached hydrogen (secondary N) is 1. The van der Waals surface area contributed by atoms with E-state index in [1.165, 1.54) is 6.42 Å². The molecule has 0 aromatic rings. The van der Waals surface area contributed by atoms with Crippen molar-refractivity contribution in [2.24, 2.45) is 11.3 Å². The highest BCUT2D eigenvalue weighted by molar-refractivity contribution is 5.99. The maximum Gasteiger partial charge on any atom is 0.316 e. The number of carboxylic acids is 1. The molecular formula is C10H15NO3.